The first kappa shape index (κ1) is 16.9. The SMILES string of the molecule is CCOc1cc(-c2ccc(CO)cc2)ccc1-c1nc2[nH]nnc2c(=O)[nH]1. The third-order valence-electron chi connectivity index (χ3n) is 4.21. The molecule has 0 spiro atoms. The van der Waals surface area contributed by atoms with Crippen LogP contribution in [0.2, 0.25) is 0 Å². The van der Waals surface area contributed by atoms with E-state index in [0.717, 1.165) is 16.7 Å². The molecule has 8 nitrogen and oxygen atoms in total. The Morgan fingerprint density at radius 2 is 1.89 bits per heavy atom. The lowest BCUT2D eigenvalue weighted by Gasteiger charge is -2.12. The number of aliphatic hydroxyl groups excluding tert-OH is 1. The van der Waals surface area contributed by atoms with Crippen LogP contribution in [0.3, 0.4) is 0 Å². The highest BCUT2D eigenvalue weighted by Gasteiger charge is 2.14. The van der Waals surface area contributed by atoms with Crippen molar-refractivity contribution in [1.29, 1.82) is 0 Å². The third-order valence-corrected chi connectivity index (χ3v) is 4.21. The molecule has 8 heteroatoms. The molecule has 136 valence electrons. The molecule has 0 aliphatic carbocycles. The summed E-state index contributed by atoms with van der Waals surface area (Å²) in [5.74, 6) is 0.986. The maximum absolute atomic E-state index is 12.2. The molecule has 0 radical (unpaired) electrons. The van der Waals surface area contributed by atoms with Gasteiger partial charge in [-0.05, 0) is 35.7 Å². The van der Waals surface area contributed by atoms with Gasteiger partial charge in [0.1, 0.15) is 11.6 Å². The van der Waals surface area contributed by atoms with Crippen molar-refractivity contribution in [3.63, 3.8) is 0 Å². The molecule has 4 aromatic rings. The number of rotatable bonds is 5. The molecule has 27 heavy (non-hydrogen) atoms. The van der Waals surface area contributed by atoms with Crippen molar-refractivity contribution in [3.05, 3.63) is 58.4 Å². The summed E-state index contributed by atoms with van der Waals surface area (Å²) in [6, 6.07) is 13.3. The lowest BCUT2D eigenvalue weighted by Crippen LogP contribution is -2.10. The van der Waals surface area contributed by atoms with Crippen LogP contribution in [0.25, 0.3) is 33.7 Å². The lowest BCUT2D eigenvalue weighted by atomic mass is 10.0. The van der Waals surface area contributed by atoms with E-state index in [1.54, 1.807) is 0 Å². The number of aromatic nitrogens is 5. The van der Waals surface area contributed by atoms with Crippen molar-refractivity contribution in [2.45, 2.75) is 13.5 Å². The van der Waals surface area contributed by atoms with E-state index in [2.05, 4.69) is 25.4 Å². The molecule has 0 fully saturated rings. The van der Waals surface area contributed by atoms with E-state index in [4.69, 9.17) is 4.74 Å². The molecular formula is C19H17N5O3. The van der Waals surface area contributed by atoms with Crippen LogP contribution in [0.15, 0.2) is 47.3 Å². The summed E-state index contributed by atoms with van der Waals surface area (Å²) < 4.78 is 5.79. The van der Waals surface area contributed by atoms with Crippen molar-refractivity contribution in [2.24, 2.45) is 0 Å². The minimum atomic E-state index is -0.366. The lowest BCUT2D eigenvalue weighted by molar-refractivity contribution is 0.282. The molecule has 2 aromatic heterocycles. The molecule has 0 bridgehead atoms. The number of aliphatic hydroxyl groups is 1. The van der Waals surface area contributed by atoms with Gasteiger partial charge < -0.3 is 14.8 Å². The molecule has 0 aliphatic rings. The van der Waals surface area contributed by atoms with Crippen LogP contribution in [-0.4, -0.2) is 37.1 Å². The summed E-state index contributed by atoms with van der Waals surface area (Å²) in [7, 11) is 0. The Morgan fingerprint density at radius 3 is 2.63 bits per heavy atom. The van der Waals surface area contributed by atoms with Gasteiger partial charge in [0.05, 0.1) is 18.8 Å². The van der Waals surface area contributed by atoms with Gasteiger partial charge in [-0.3, -0.25) is 4.79 Å². The fourth-order valence-electron chi connectivity index (χ4n) is 2.86. The maximum atomic E-state index is 12.2. The zero-order chi connectivity index (χ0) is 18.8. The predicted octanol–water partition coefficient (Wildman–Crippen LogP) is 2.27. The molecule has 0 amide bonds. The third kappa shape index (κ3) is 3.18. The minimum Gasteiger partial charge on any atom is -0.493 e. The van der Waals surface area contributed by atoms with Gasteiger partial charge in [-0.15, -0.1) is 5.10 Å². The highest BCUT2D eigenvalue weighted by atomic mass is 16.5. The second kappa shape index (κ2) is 7.00. The summed E-state index contributed by atoms with van der Waals surface area (Å²) in [6.07, 6.45) is 0. The largest absolute Gasteiger partial charge is 0.493 e. The van der Waals surface area contributed by atoms with Gasteiger partial charge in [0.15, 0.2) is 11.2 Å². The Kier molecular flexibility index (Phi) is 4.39. The van der Waals surface area contributed by atoms with Gasteiger partial charge in [0.25, 0.3) is 5.56 Å². The number of nitrogens with one attached hydrogen (secondary N) is 2. The number of H-pyrrole nitrogens is 2. The number of hydrogen-bond acceptors (Lipinski definition) is 6. The number of hydrogen-bond donors (Lipinski definition) is 3. The smallest absolute Gasteiger partial charge is 0.281 e. The van der Waals surface area contributed by atoms with Crippen LogP contribution < -0.4 is 10.3 Å². The molecule has 0 saturated carbocycles. The molecule has 3 N–H and O–H groups in total. The summed E-state index contributed by atoms with van der Waals surface area (Å²) in [5.41, 5.74) is 3.59. The van der Waals surface area contributed by atoms with Crippen LogP contribution in [0, 0.1) is 0 Å². The van der Waals surface area contributed by atoms with Gasteiger partial charge in [-0.25, -0.2) is 10.1 Å². The van der Waals surface area contributed by atoms with E-state index in [0.29, 0.717) is 29.4 Å². The van der Waals surface area contributed by atoms with Crippen LogP contribution in [0.4, 0.5) is 0 Å². The molecule has 0 unspecified atom stereocenters. The first-order chi connectivity index (χ1) is 13.2. The standard InChI is InChI=1S/C19H17N5O3/c1-2-27-15-9-13(12-5-3-11(10-25)4-6-12)7-8-14(15)17-20-18-16(19(26)21-17)22-24-23-18/h3-9,25H,2,10H2,1H3,(H2,20,21,22,23,24,26). The first-order valence-electron chi connectivity index (χ1n) is 8.48. The normalized spacial score (nSPS) is 11.0. The monoisotopic (exact) mass is 363 g/mol. The number of fused-ring (bicyclic) bond motifs is 1. The summed E-state index contributed by atoms with van der Waals surface area (Å²) in [5, 5.41) is 19.1. The Balaban J connectivity index is 1.81. The first-order valence-corrected chi connectivity index (χ1v) is 8.48. The average Bonchev–Trinajstić information content (AvgIpc) is 3.17. The second-order valence-corrected chi connectivity index (χ2v) is 5.92. The molecule has 2 aromatic carbocycles. The highest BCUT2D eigenvalue weighted by molar-refractivity contribution is 5.76. The van der Waals surface area contributed by atoms with E-state index < -0.39 is 0 Å². The van der Waals surface area contributed by atoms with Crippen molar-refractivity contribution in [2.75, 3.05) is 6.61 Å². The molecule has 2 heterocycles. The number of aromatic amines is 2. The van der Waals surface area contributed by atoms with Crippen LogP contribution in [-0.2, 0) is 6.61 Å². The molecule has 0 saturated heterocycles. The summed E-state index contributed by atoms with van der Waals surface area (Å²) >= 11 is 0. The van der Waals surface area contributed by atoms with Crippen LogP contribution in [0.1, 0.15) is 12.5 Å². The Bertz CT molecular complexity index is 1150. The fourth-order valence-corrected chi connectivity index (χ4v) is 2.86. The van der Waals surface area contributed by atoms with E-state index >= 15 is 0 Å². The Hall–Kier alpha value is -3.52. The summed E-state index contributed by atoms with van der Waals surface area (Å²) in [4.78, 5) is 19.3. The number of ether oxygens (including phenoxy) is 1. The highest BCUT2D eigenvalue weighted by Crippen LogP contribution is 2.33. The van der Waals surface area contributed by atoms with Crippen molar-refractivity contribution >= 4 is 11.2 Å². The fraction of sp³-hybridized carbons (Fsp3) is 0.158. The van der Waals surface area contributed by atoms with Crippen molar-refractivity contribution in [1.82, 2.24) is 25.4 Å². The maximum Gasteiger partial charge on any atom is 0.281 e. The Morgan fingerprint density at radius 1 is 1.11 bits per heavy atom. The molecular weight excluding hydrogens is 346 g/mol. The van der Waals surface area contributed by atoms with E-state index in [9.17, 15) is 9.90 Å². The number of nitrogens with zero attached hydrogens (tertiary/aromatic N) is 3. The Labute approximate surface area is 153 Å². The molecule has 0 atom stereocenters. The summed E-state index contributed by atoms with van der Waals surface area (Å²) in [6.45, 7) is 2.37. The number of benzene rings is 2. The quantitative estimate of drug-likeness (QED) is 0.501. The van der Waals surface area contributed by atoms with Gasteiger partial charge in [0, 0.05) is 0 Å². The van der Waals surface area contributed by atoms with E-state index in [-0.39, 0.29) is 17.7 Å². The minimum absolute atomic E-state index is 0.00732. The van der Waals surface area contributed by atoms with Crippen LogP contribution >= 0.6 is 0 Å². The van der Waals surface area contributed by atoms with E-state index in [1.807, 2.05) is 49.4 Å². The van der Waals surface area contributed by atoms with Gasteiger partial charge >= 0.3 is 0 Å². The predicted molar refractivity (Wildman–Crippen MR) is 100 cm³/mol. The zero-order valence-corrected chi connectivity index (χ0v) is 14.6. The van der Waals surface area contributed by atoms with Crippen LogP contribution in [0.5, 0.6) is 5.75 Å². The average molecular weight is 363 g/mol. The zero-order valence-electron chi connectivity index (χ0n) is 14.6. The topological polar surface area (TPSA) is 117 Å². The molecule has 0 aliphatic heterocycles. The second-order valence-electron chi connectivity index (χ2n) is 5.92. The van der Waals surface area contributed by atoms with Gasteiger partial charge in [0.2, 0.25) is 0 Å². The van der Waals surface area contributed by atoms with Crippen molar-refractivity contribution < 1.29 is 9.84 Å². The van der Waals surface area contributed by atoms with Crippen molar-refractivity contribution in [3.8, 4) is 28.3 Å². The van der Waals surface area contributed by atoms with E-state index in [1.165, 1.54) is 0 Å². The van der Waals surface area contributed by atoms with Gasteiger partial charge in [-0.2, -0.15) is 0 Å². The van der Waals surface area contributed by atoms with Gasteiger partial charge in [-0.1, -0.05) is 35.5 Å². The molecule has 4 rings (SSSR count).